The monoisotopic (exact) mass is 395 g/mol. The van der Waals surface area contributed by atoms with Crippen molar-refractivity contribution in [3.63, 3.8) is 0 Å². The quantitative estimate of drug-likeness (QED) is 0.545. The lowest BCUT2D eigenvalue weighted by molar-refractivity contribution is -0.128. The van der Waals surface area contributed by atoms with Crippen molar-refractivity contribution in [2.75, 3.05) is 33.2 Å². The third kappa shape index (κ3) is 5.81. The van der Waals surface area contributed by atoms with Crippen LogP contribution in [-0.2, 0) is 4.79 Å². The number of hydrogen-bond acceptors (Lipinski definition) is 6. The molecule has 0 aromatic carbocycles. The molecule has 8 heteroatoms. The second-order valence-corrected chi connectivity index (χ2v) is 7.80. The van der Waals surface area contributed by atoms with E-state index in [4.69, 9.17) is 21.9 Å². The maximum atomic E-state index is 13.2. The van der Waals surface area contributed by atoms with Crippen LogP contribution < -0.4 is 11.1 Å². The van der Waals surface area contributed by atoms with E-state index in [1.54, 1.807) is 13.0 Å². The molecule has 3 N–H and O–H groups in total. The van der Waals surface area contributed by atoms with E-state index in [2.05, 4.69) is 29.3 Å². The molecular formula is C19H30ClN5O2. The normalized spacial score (nSPS) is 19.4. The molecule has 1 amide bonds. The highest BCUT2D eigenvalue weighted by molar-refractivity contribution is 6.73. The van der Waals surface area contributed by atoms with Gasteiger partial charge >= 0.3 is 0 Å². The lowest BCUT2D eigenvalue weighted by Gasteiger charge is -2.33. The van der Waals surface area contributed by atoms with Crippen LogP contribution in [0, 0.1) is 18.8 Å². The van der Waals surface area contributed by atoms with E-state index in [0.29, 0.717) is 36.4 Å². The van der Waals surface area contributed by atoms with Gasteiger partial charge in [0.15, 0.2) is 0 Å². The highest BCUT2D eigenvalue weighted by Gasteiger charge is 2.29. The number of nitrogens with one attached hydrogen (secondary N) is 1. The Hall–Kier alpha value is -1.86. The van der Waals surface area contributed by atoms with Crippen molar-refractivity contribution in [2.45, 2.75) is 33.6 Å². The molecule has 1 aliphatic heterocycles. The minimum Gasteiger partial charge on any atom is -0.396 e. The SMILES string of the molecule is CN=C(Cl)/C(C(=O)N1CCCC(CNCC(C)C)C1)=C(\N)c1cc(C)on1. The number of amides is 1. The Labute approximate surface area is 166 Å². The summed E-state index contributed by atoms with van der Waals surface area (Å²) in [6, 6.07) is 1.68. The van der Waals surface area contributed by atoms with Crippen LogP contribution >= 0.6 is 11.6 Å². The van der Waals surface area contributed by atoms with Crippen molar-refractivity contribution in [3.8, 4) is 0 Å². The summed E-state index contributed by atoms with van der Waals surface area (Å²) in [6.07, 6.45) is 2.05. The summed E-state index contributed by atoms with van der Waals surface area (Å²) in [5.74, 6) is 1.41. The van der Waals surface area contributed by atoms with E-state index in [0.717, 1.165) is 25.9 Å². The Kier molecular flexibility index (Phi) is 7.86. The van der Waals surface area contributed by atoms with Crippen LogP contribution in [0.5, 0.6) is 0 Å². The number of nitrogens with two attached hydrogens (primary N) is 1. The molecule has 0 bridgehead atoms. The van der Waals surface area contributed by atoms with E-state index >= 15 is 0 Å². The first kappa shape index (κ1) is 21.4. The molecule has 2 rings (SSSR count). The van der Waals surface area contributed by atoms with Crippen molar-refractivity contribution in [1.29, 1.82) is 0 Å². The van der Waals surface area contributed by atoms with Crippen LogP contribution in [0.3, 0.4) is 0 Å². The van der Waals surface area contributed by atoms with Gasteiger partial charge in [0, 0.05) is 26.2 Å². The molecule has 0 radical (unpaired) electrons. The average molecular weight is 396 g/mol. The molecule has 1 fully saturated rings. The predicted octanol–water partition coefficient (Wildman–Crippen LogP) is 2.40. The van der Waals surface area contributed by atoms with Gasteiger partial charge < -0.3 is 20.5 Å². The molecule has 1 aliphatic rings. The molecule has 0 saturated carbocycles. The molecule has 150 valence electrons. The first-order chi connectivity index (χ1) is 12.8. The van der Waals surface area contributed by atoms with Crippen molar-refractivity contribution >= 4 is 28.4 Å². The molecule has 2 heterocycles. The number of carbonyl (C=O) groups excluding carboxylic acids is 1. The Morgan fingerprint density at radius 3 is 2.89 bits per heavy atom. The Balaban J connectivity index is 2.18. The third-order valence-corrected chi connectivity index (χ3v) is 4.94. The van der Waals surface area contributed by atoms with Crippen LogP contribution in [0.15, 0.2) is 21.2 Å². The van der Waals surface area contributed by atoms with Gasteiger partial charge in [-0.3, -0.25) is 9.79 Å². The molecule has 7 nitrogen and oxygen atoms in total. The molecule has 0 aliphatic carbocycles. The van der Waals surface area contributed by atoms with Gasteiger partial charge in [-0.25, -0.2) is 0 Å². The smallest absolute Gasteiger partial charge is 0.259 e. The number of aryl methyl sites for hydroxylation is 1. The largest absolute Gasteiger partial charge is 0.396 e. The average Bonchev–Trinajstić information content (AvgIpc) is 3.08. The fourth-order valence-corrected chi connectivity index (χ4v) is 3.38. The highest BCUT2D eigenvalue weighted by Crippen LogP contribution is 2.23. The summed E-state index contributed by atoms with van der Waals surface area (Å²) in [4.78, 5) is 19.0. The van der Waals surface area contributed by atoms with E-state index in [-0.39, 0.29) is 22.3 Å². The maximum Gasteiger partial charge on any atom is 0.259 e. The number of likely N-dealkylation sites (tertiary alicyclic amines) is 1. The number of rotatable bonds is 7. The topological polar surface area (TPSA) is 96.8 Å². The Morgan fingerprint density at radius 1 is 1.56 bits per heavy atom. The van der Waals surface area contributed by atoms with Gasteiger partial charge in [-0.1, -0.05) is 30.6 Å². The first-order valence-electron chi connectivity index (χ1n) is 9.39. The van der Waals surface area contributed by atoms with Crippen LogP contribution in [0.4, 0.5) is 0 Å². The number of aliphatic imine (C=N–C) groups is 1. The zero-order valence-electron chi connectivity index (χ0n) is 16.6. The highest BCUT2D eigenvalue weighted by atomic mass is 35.5. The number of hydrogen-bond donors (Lipinski definition) is 2. The molecule has 1 aromatic rings. The minimum absolute atomic E-state index is 0.0817. The zero-order valence-corrected chi connectivity index (χ0v) is 17.3. The second-order valence-electron chi connectivity index (χ2n) is 7.44. The summed E-state index contributed by atoms with van der Waals surface area (Å²) < 4.78 is 5.07. The van der Waals surface area contributed by atoms with Gasteiger partial charge in [0.1, 0.15) is 22.2 Å². The zero-order chi connectivity index (χ0) is 20.0. The van der Waals surface area contributed by atoms with Gasteiger partial charge in [0.05, 0.1) is 5.70 Å². The van der Waals surface area contributed by atoms with Crippen molar-refractivity contribution < 1.29 is 9.32 Å². The number of nitrogens with zero attached hydrogens (tertiary/aromatic N) is 3. The summed E-state index contributed by atoms with van der Waals surface area (Å²) in [5, 5.41) is 7.46. The van der Waals surface area contributed by atoms with Gasteiger partial charge in [0.25, 0.3) is 5.91 Å². The predicted molar refractivity (Wildman–Crippen MR) is 109 cm³/mol. The first-order valence-corrected chi connectivity index (χ1v) is 9.77. The van der Waals surface area contributed by atoms with Crippen molar-refractivity contribution in [2.24, 2.45) is 22.6 Å². The lowest BCUT2D eigenvalue weighted by Crippen LogP contribution is -2.44. The second kappa shape index (κ2) is 9.90. The molecule has 1 atom stereocenters. The molecular weight excluding hydrogens is 366 g/mol. The molecule has 1 aromatic heterocycles. The van der Waals surface area contributed by atoms with E-state index in [1.165, 1.54) is 7.05 Å². The summed E-state index contributed by atoms with van der Waals surface area (Å²) >= 11 is 6.25. The fraction of sp³-hybridized carbons (Fsp3) is 0.632. The van der Waals surface area contributed by atoms with E-state index < -0.39 is 0 Å². The van der Waals surface area contributed by atoms with Crippen LogP contribution in [0.2, 0.25) is 0 Å². The van der Waals surface area contributed by atoms with Gasteiger partial charge in [-0.15, -0.1) is 0 Å². The Morgan fingerprint density at radius 2 is 2.30 bits per heavy atom. The maximum absolute atomic E-state index is 13.2. The van der Waals surface area contributed by atoms with Crippen molar-refractivity contribution in [3.05, 3.63) is 23.1 Å². The summed E-state index contributed by atoms with van der Waals surface area (Å²) in [6.45, 7) is 9.36. The minimum atomic E-state index is -0.211. The van der Waals surface area contributed by atoms with Crippen LogP contribution in [0.1, 0.15) is 38.1 Å². The molecule has 1 saturated heterocycles. The summed E-state index contributed by atoms with van der Waals surface area (Å²) in [7, 11) is 1.53. The molecule has 1 unspecified atom stereocenters. The summed E-state index contributed by atoms with van der Waals surface area (Å²) in [5.41, 5.74) is 6.98. The number of piperidine rings is 1. The van der Waals surface area contributed by atoms with Gasteiger partial charge in [-0.2, -0.15) is 0 Å². The van der Waals surface area contributed by atoms with E-state index in [1.807, 2.05) is 4.90 Å². The number of carbonyl (C=O) groups is 1. The lowest BCUT2D eigenvalue weighted by atomic mass is 9.96. The van der Waals surface area contributed by atoms with E-state index in [9.17, 15) is 4.79 Å². The van der Waals surface area contributed by atoms with Crippen LogP contribution in [-0.4, -0.2) is 54.4 Å². The van der Waals surface area contributed by atoms with Gasteiger partial charge in [-0.05, 0) is 44.7 Å². The van der Waals surface area contributed by atoms with Gasteiger partial charge in [0.2, 0.25) is 0 Å². The Bertz CT molecular complexity index is 711. The third-order valence-electron chi connectivity index (χ3n) is 4.58. The molecule has 0 spiro atoms. The van der Waals surface area contributed by atoms with Crippen molar-refractivity contribution in [1.82, 2.24) is 15.4 Å². The standard InChI is InChI=1S/C19H30ClN5O2/c1-12(2)9-23-10-14-6-5-7-25(11-14)19(26)16(18(20)22-4)17(21)15-8-13(3)27-24-15/h8,12,14,23H,5-7,9-11,21H2,1-4H3/b17-16+,22-18?. The molecule has 27 heavy (non-hydrogen) atoms. The fourth-order valence-electron chi connectivity index (χ4n) is 3.20. The number of aromatic nitrogens is 1. The number of halogens is 1. The van der Waals surface area contributed by atoms with Crippen LogP contribution in [0.25, 0.3) is 5.70 Å².